The molecule has 2 aromatic rings. The first-order valence-corrected chi connectivity index (χ1v) is 11.4. The molecule has 0 spiro atoms. The van der Waals surface area contributed by atoms with Crippen molar-refractivity contribution in [2.75, 3.05) is 19.7 Å². The monoisotopic (exact) mass is 411 g/mol. The maximum absolute atomic E-state index is 12.5. The van der Waals surface area contributed by atoms with Gasteiger partial charge >= 0.3 is 0 Å². The van der Waals surface area contributed by atoms with Crippen LogP contribution in [0.3, 0.4) is 0 Å². The second-order valence-corrected chi connectivity index (χ2v) is 8.58. The number of hydrogen-bond donors (Lipinski definition) is 1. The average Bonchev–Trinajstić information content (AvgIpc) is 3.26. The van der Waals surface area contributed by atoms with Crippen molar-refractivity contribution >= 4 is 5.91 Å². The zero-order valence-corrected chi connectivity index (χ0v) is 17.9. The molecular weight excluding hydrogens is 378 g/mol. The Morgan fingerprint density at radius 1 is 1.20 bits per heavy atom. The lowest BCUT2D eigenvalue weighted by atomic mass is 9.94. The summed E-state index contributed by atoms with van der Waals surface area (Å²) >= 11 is 0. The molecule has 6 heteroatoms. The Morgan fingerprint density at radius 2 is 2.07 bits per heavy atom. The minimum Gasteiger partial charge on any atom is -0.494 e. The predicted molar refractivity (Wildman–Crippen MR) is 116 cm³/mol. The molecule has 162 valence electrons. The fourth-order valence-corrected chi connectivity index (χ4v) is 4.69. The lowest BCUT2D eigenvalue weighted by Crippen LogP contribution is -2.36. The molecule has 0 unspecified atom stereocenters. The van der Waals surface area contributed by atoms with E-state index in [1.807, 2.05) is 19.1 Å². The van der Waals surface area contributed by atoms with E-state index in [4.69, 9.17) is 9.26 Å². The third-order valence-corrected chi connectivity index (χ3v) is 6.23. The van der Waals surface area contributed by atoms with Crippen LogP contribution in [-0.2, 0) is 6.54 Å². The van der Waals surface area contributed by atoms with E-state index in [2.05, 4.69) is 33.6 Å². The summed E-state index contributed by atoms with van der Waals surface area (Å²) in [5.41, 5.74) is 2.16. The van der Waals surface area contributed by atoms with Crippen LogP contribution in [0.5, 0.6) is 5.75 Å². The first kappa shape index (κ1) is 20.9. The van der Waals surface area contributed by atoms with Gasteiger partial charge in [-0.15, -0.1) is 0 Å². The van der Waals surface area contributed by atoms with Gasteiger partial charge in [0.1, 0.15) is 5.75 Å². The third kappa shape index (κ3) is 5.42. The molecule has 1 saturated heterocycles. The highest BCUT2D eigenvalue weighted by Gasteiger charge is 2.26. The number of carbonyl (C=O) groups excluding carboxylic acids is 1. The van der Waals surface area contributed by atoms with Crippen molar-refractivity contribution in [2.24, 2.45) is 0 Å². The molecular formula is C24H33N3O3. The number of rotatable bonds is 7. The molecule has 4 rings (SSSR count). The molecule has 2 fully saturated rings. The summed E-state index contributed by atoms with van der Waals surface area (Å²) in [6.07, 6.45) is 7.98. The molecule has 1 aromatic carbocycles. The number of ether oxygens (including phenoxy) is 1. The molecule has 1 amide bonds. The normalized spacial score (nSPS) is 20.8. The third-order valence-electron chi connectivity index (χ3n) is 6.23. The van der Waals surface area contributed by atoms with E-state index in [9.17, 15) is 4.79 Å². The van der Waals surface area contributed by atoms with Gasteiger partial charge in [0.25, 0.3) is 5.91 Å². The summed E-state index contributed by atoms with van der Waals surface area (Å²) in [7, 11) is 0. The zero-order chi connectivity index (χ0) is 20.8. The second kappa shape index (κ2) is 10.1. The van der Waals surface area contributed by atoms with E-state index in [0.717, 1.165) is 56.8 Å². The van der Waals surface area contributed by atoms with Crippen molar-refractivity contribution in [1.29, 1.82) is 0 Å². The van der Waals surface area contributed by atoms with Crippen LogP contribution in [0, 0.1) is 0 Å². The molecule has 2 heterocycles. The van der Waals surface area contributed by atoms with Gasteiger partial charge < -0.3 is 14.6 Å². The largest absolute Gasteiger partial charge is 0.494 e. The molecule has 30 heavy (non-hydrogen) atoms. The molecule has 0 bridgehead atoms. The SMILES string of the molecule is CCOc1cccc(CN2CCC[C@H](c3cc(C(=O)NC4CCCCC4)on3)C2)c1. The van der Waals surface area contributed by atoms with Crippen molar-refractivity contribution in [3.63, 3.8) is 0 Å². The number of carbonyl (C=O) groups is 1. The van der Waals surface area contributed by atoms with Crippen molar-refractivity contribution < 1.29 is 14.1 Å². The van der Waals surface area contributed by atoms with Crippen LogP contribution in [0.15, 0.2) is 34.9 Å². The minimum atomic E-state index is -0.124. The van der Waals surface area contributed by atoms with Gasteiger partial charge in [-0.05, 0) is 56.8 Å². The molecule has 2 aliphatic rings. The Hall–Kier alpha value is -2.34. The van der Waals surface area contributed by atoms with Gasteiger partial charge in [0.05, 0.1) is 12.3 Å². The van der Waals surface area contributed by atoms with Crippen LogP contribution in [0.4, 0.5) is 0 Å². The number of likely N-dealkylation sites (tertiary alicyclic amines) is 1. The van der Waals surface area contributed by atoms with Gasteiger partial charge in [0, 0.05) is 31.1 Å². The molecule has 1 N–H and O–H groups in total. The van der Waals surface area contributed by atoms with E-state index < -0.39 is 0 Å². The number of hydrogen-bond acceptors (Lipinski definition) is 5. The van der Waals surface area contributed by atoms with Crippen molar-refractivity contribution in [3.05, 3.63) is 47.3 Å². The molecule has 1 atom stereocenters. The van der Waals surface area contributed by atoms with E-state index in [0.29, 0.717) is 18.3 Å². The number of aromatic nitrogens is 1. The van der Waals surface area contributed by atoms with Crippen LogP contribution in [0.2, 0.25) is 0 Å². The number of nitrogens with one attached hydrogen (secondary N) is 1. The van der Waals surface area contributed by atoms with Crippen molar-refractivity contribution in [3.8, 4) is 5.75 Å². The fraction of sp³-hybridized carbons (Fsp3) is 0.583. The minimum absolute atomic E-state index is 0.124. The van der Waals surface area contributed by atoms with E-state index >= 15 is 0 Å². The first-order chi connectivity index (χ1) is 14.7. The zero-order valence-electron chi connectivity index (χ0n) is 17.9. The standard InChI is InChI=1S/C24H33N3O3/c1-2-29-21-12-6-8-18(14-21)16-27-13-7-9-19(17-27)22-15-23(30-26-22)24(28)25-20-10-4-3-5-11-20/h6,8,12,14-15,19-20H,2-5,7,9-11,13,16-17H2,1H3,(H,25,28)/t19-/m0/s1. The quantitative estimate of drug-likeness (QED) is 0.726. The van der Waals surface area contributed by atoms with Gasteiger partial charge in [0.2, 0.25) is 5.76 Å². The van der Waals surface area contributed by atoms with Crippen LogP contribution >= 0.6 is 0 Å². The van der Waals surface area contributed by atoms with Gasteiger partial charge in [-0.3, -0.25) is 9.69 Å². The Bertz CT molecular complexity index is 829. The average molecular weight is 412 g/mol. The van der Waals surface area contributed by atoms with Crippen LogP contribution in [0.1, 0.15) is 79.6 Å². The maximum Gasteiger partial charge on any atom is 0.290 e. The topological polar surface area (TPSA) is 67.6 Å². The number of nitrogens with zero attached hydrogens (tertiary/aromatic N) is 2. The van der Waals surface area contributed by atoms with Crippen molar-refractivity contribution in [2.45, 2.75) is 70.4 Å². The second-order valence-electron chi connectivity index (χ2n) is 8.58. The summed E-state index contributed by atoms with van der Waals surface area (Å²) in [5.74, 6) is 1.45. The Kier molecular flexibility index (Phi) is 7.05. The van der Waals surface area contributed by atoms with Gasteiger partial charge in [-0.1, -0.05) is 36.6 Å². The molecule has 1 aliphatic carbocycles. The molecule has 1 saturated carbocycles. The highest BCUT2D eigenvalue weighted by molar-refractivity contribution is 5.91. The summed E-state index contributed by atoms with van der Waals surface area (Å²) in [5, 5.41) is 7.36. The van der Waals surface area contributed by atoms with Gasteiger partial charge in [0.15, 0.2) is 0 Å². The molecule has 6 nitrogen and oxygen atoms in total. The summed E-state index contributed by atoms with van der Waals surface area (Å²) in [4.78, 5) is 15.0. The fourth-order valence-electron chi connectivity index (χ4n) is 4.69. The van der Waals surface area contributed by atoms with Gasteiger partial charge in [-0.2, -0.15) is 0 Å². The summed E-state index contributed by atoms with van der Waals surface area (Å²) in [6.45, 7) is 5.57. The Labute approximate surface area is 179 Å². The first-order valence-electron chi connectivity index (χ1n) is 11.4. The van der Waals surface area contributed by atoms with E-state index in [-0.39, 0.29) is 11.9 Å². The predicted octanol–water partition coefficient (Wildman–Crippen LogP) is 4.52. The lowest BCUT2D eigenvalue weighted by molar-refractivity contribution is 0.0890. The van der Waals surface area contributed by atoms with Crippen LogP contribution < -0.4 is 10.1 Å². The van der Waals surface area contributed by atoms with E-state index in [1.165, 1.54) is 24.8 Å². The number of piperidine rings is 1. The highest BCUT2D eigenvalue weighted by Crippen LogP contribution is 2.28. The molecule has 1 aromatic heterocycles. The van der Waals surface area contributed by atoms with Crippen molar-refractivity contribution in [1.82, 2.24) is 15.4 Å². The summed E-state index contributed by atoms with van der Waals surface area (Å²) < 4.78 is 11.0. The Balaban J connectivity index is 1.34. The highest BCUT2D eigenvalue weighted by atomic mass is 16.5. The number of amides is 1. The smallest absolute Gasteiger partial charge is 0.290 e. The van der Waals surface area contributed by atoms with Crippen LogP contribution in [0.25, 0.3) is 0 Å². The summed E-state index contributed by atoms with van der Waals surface area (Å²) in [6, 6.07) is 10.4. The Morgan fingerprint density at radius 3 is 2.90 bits per heavy atom. The molecule has 0 radical (unpaired) electrons. The lowest BCUT2D eigenvalue weighted by Gasteiger charge is -2.31. The van der Waals surface area contributed by atoms with Gasteiger partial charge in [-0.25, -0.2) is 0 Å². The van der Waals surface area contributed by atoms with Crippen LogP contribution in [-0.4, -0.2) is 41.7 Å². The molecule has 1 aliphatic heterocycles. The van der Waals surface area contributed by atoms with E-state index in [1.54, 1.807) is 0 Å². The number of benzene rings is 1. The maximum atomic E-state index is 12.5.